The molecule has 0 radical (unpaired) electrons. The van der Waals surface area contributed by atoms with Crippen LogP contribution in [0.3, 0.4) is 0 Å². The number of carbonyl (C=O) groups is 1. The normalized spacial score (nSPS) is 18.0. The lowest BCUT2D eigenvalue weighted by Crippen LogP contribution is -2.22. The van der Waals surface area contributed by atoms with E-state index in [0.29, 0.717) is 29.9 Å². The third kappa shape index (κ3) is 3.33. The van der Waals surface area contributed by atoms with Gasteiger partial charge in [-0.05, 0) is 43.5 Å². The van der Waals surface area contributed by atoms with Gasteiger partial charge in [0.2, 0.25) is 11.9 Å². The van der Waals surface area contributed by atoms with E-state index in [9.17, 15) is 4.79 Å². The van der Waals surface area contributed by atoms with Crippen molar-refractivity contribution in [3.05, 3.63) is 66.1 Å². The summed E-state index contributed by atoms with van der Waals surface area (Å²) in [6, 6.07) is 13.9. The van der Waals surface area contributed by atoms with E-state index in [4.69, 9.17) is 15.1 Å². The number of benzene rings is 1. The molecule has 1 aromatic carbocycles. The lowest BCUT2D eigenvalue weighted by molar-refractivity contribution is -0.116. The number of pyridine rings is 1. The summed E-state index contributed by atoms with van der Waals surface area (Å²) < 4.78 is 2.04. The van der Waals surface area contributed by atoms with E-state index in [1.54, 1.807) is 6.20 Å². The standard InChI is InChI=1S/C25H25N7O/c1-2-31(20-13-7-8-14-26-20)25-28-22(21-17-11-5-6-12-19(17)27-24(21)33)18-15-32(30-23(18)29-25)16-9-3-4-10-16/h5-8,11-16,21H,2-4,9-10H2,1H3,(H,27,33). The first-order valence-corrected chi connectivity index (χ1v) is 11.6. The minimum absolute atomic E-state index is 0.0725. The van der Waals surface area contributed by atoms with Crippen LogP contribution in [0.15, 0.2) is 54.9 Å². The average Bonchev–Trinajstić information content (AvgIpc) is 3.57. The molecule has 1 fully saturated rings. The summed E-state index contributed by atoms with van der Waals surface area (Å²) in [6.07, 6.45) is 8.46. The lowest BCUT2D eigenvalue weighted by atomic mass is 9.95. The SMILES string of the molecule is CCN(c1ccccn1)c1nc(C2C(=O)Nc3ccccc32)c2cn(C3CCCC3)nc2n1. The topological polar surface area (TPSA) is 88.8 Å². The molecule has 8 heteroatoms. The van der Waals surface area contributed by atoms with Gasteiger partial charge < -0.3 is 5.32 Å². The number of aromatic nitrogens is 5. The van der Waals surface area contributed by atoms with Crippen LogP contribution in [0.2, 0.25) is 0 Å². The van der Waals surface area contributed by atoms with Crippen LogP contribution in [0, 0.1) is 0 Å². The van der Waals surface area contributed by atoms with Gasteiger partial charge in [-0.2, -0.15) is 10.1 Å². The molecule has 4 heterocycles. The van der Waals surface area contributed by atoms with Crippen molar-refractivity contribution in [2.24, 2.45) is 0 Å². The monoisotopic (exact) mass is 439 g/mol. The molecule has 0 bridgehead atoms. The minimum Gasteiger partial charge on any atom is -0.325 e. The molecule has 1 atom stereocenters. The van der Waals surface area contributed by atoms with E-state index in [2.05, 4.69) is 10.3 Å². The summed E-state index contributed by atoms with van der Waals surface area (Å²) in [6.45, 7) is 2.68. The summed E-state index contributed by atoms with van der Waals surface area (Å²) in [7, 11) is 0. The summed E-state index contributed by atoms with van der Waals surface area (Å²) in [4.78, 5) is 29.4. The molecule has 1 aliphatic carbocycles. The number of hydrogen-bond donors (Lipinski definition) is 1. The highest BCUT2D eigenvalue weighted by molar-refractivity contribution is 6.06. The van der Waals surface area contributed by atoms with Crippen molar-refractivity contribution in [1.82, 2.24) is 24.7 Å². The molecular weight excluding hydrogens is 414 g/mol. The van der Waals surface area contributed by atoms with Crippen LogP contribution < -0.4 is 10.2 Å². The van der Waals surface area contributed by atoms with Gasteiger partial charge in [-0.25, -0.2) is 9.97 Å². The second kappa shape index (κ2) is 7.95. The first kappa shape index (κ1) is 19.8. The maximum atomic E-state index is 13.1. The Kier molecular flexibility index (Phi) is 4.78. The van der Waals surface area contributed by atoms with Crippen LogP contribution in [0.1, 0.15) is 55.8 Å². The van der Waals surface area contributed by atoms with Gasteiger partial charge >= 0.3 is 0 Å². The van der Waals surface area contributed by atoms with Crippen molar-refractivity contribution in [2.75, 3.05) is 16.8 Å². The summed E-state index contributed by atoms with van der Waals surface area (Å²) in [5.41, 5.74) is 3.08. The van der Waals surface area contributed by atoms with Crippen molar-refractivity contribution < 1.29 is 4.79 Å². The van der Waals surface area contributed by atoms with Gasteiger partial charge in [0, 0.05) is 24.6 Å². The highest BCUT2D eigenvalue weighted by atomic mass is 16.2. The van der Waals surface area contributed by atoms with E-state index in [-0.39, 0.29) is 5.91 Å². The van der Waals surface area contributed by atoms with Crippen LogP contribution in [-0.2, 0) is 4.79 Å². The first-order chi connectivity index (χ1) is 16.2. The number of amides is 1. The molecule has 0 saturated heterocycles. The molecular formula is C25H25N7O. The second-order valence-corrected chi connectivity index (χ2v) is 8.64. The Morgan fingerprint density at radius 2 is 1.91 bits per heavy atom. The zero-order valence-corrected chi connectivity index (χ0v) is 18.5. The first-order valence-electron chi connectivity index (χ1n) is 11.6. The van der Waals surface area contributed by atoms with Crippen LogP contribution in [-0.4, -0.2) is 37.2 Å². The maximum absolute atomic E-state index is 13.1. The highest BCUT2D eigenvalue weighted by Gasteiger charge is 2.36. The molecule has 4 aromatic rings. The Morgan fingerprint density at radius 3 is 2.70 bits per heavy atom. The number of carbonyl (C=O) groups excluding carboxylic acids is 1. The number of nitrogens with zero attached hydrogens (tertiary/aromatic N) is 6. The smallest absolute Gasteiger partial charge is 0.238 e. The fraction of sp³-hybridized carbons (Fsp3) is 0.320. The van der Waals surface area contributed by atoms with E-state index < -0.39 is 5.92 Å². The maximum Gasteiger partial charge on any atom is 0.238 e. The number of fused-ring (bicyclic) bond motifs is 2. The van der Waals surface area contributed by atoms with Gasteiger partial charge in [-0.15, -0.1) is 0 Å². The zero-order chi connectivity index (χ0) is 22.4. The fourth-order valence-electron chi connectivity index (χ4n) is 5.03. The Labute approximate surface area is 191 Å². The van der Waals surface area contributed by atoms with Gasteiger partial charge in [0.05, 0.1) is 17.1 Å². The Bertz CT molecular complexity index is 1330. The molecule has 33 heavy (non-hydrogen) atoms. The quantitative estimate of drug-likeness (QED) is 0.490. The van der Waals surface area contributed by atoms with E-state index in [1.165, 1.54) is 12.8 Å². The molecule has 0 spiro atoms. The number of hydrogen-bond acceptors (Lipinski definition) is 6. The summed E-state index contributed by atoms with van der Waals surface area (Å²) >= 11 is 0. The molecule has 2 aliphatic rings. The van der Waals surface area contributed by atoms with Crippen LogP contribution in [0.5, 0.6) is 0 Å². The third-order valence-electron chi connectivity index (χ3n) is 6.66. The van der Waals surface area contributed by atoms with Gasteiger partial charge in [-0.3, -0.25) is 14.4 Å². The van der Waals surface area contributed by atoms with Crippen LogP contribution in [0.25, 0.3) is 11.0 Å². The van der Waals surface area contributed by atoms with E-state index >= 15 is 0 Å². The van der Waals surface area contributed by atoms with E-state index in [1.807, 2.05) is 65.2 Å². The predicted molar refractivity (Wildman–Crippen MR) is 127 cm³/mol. The molecule has 1 unspecified atom stereocenters. The van der Waals surface area contributed by atoms with E-state index in [0.717, 1.165) is 35.3 Å². The summed E-state index contributed by atoms with van der Waals surface area (Å²) in [5, 5.41) is 8.71. The number of anilines is 3. The number of nitrogens with one attached hydrogen (secondary N) is 1. The zero-order valence-electron chi connectivity index (χ0n) is 18.5. The summed E-state index contributed by atoms with van der Waals surface area (Å²) in [5.74, 6) is 0.690. The fourth-order valence-corrected chi connectivity index (χ4v) is 5.03. The lowest BCUT2D eigenvalue weighted by Gasteiger charge is -2.21. The Balaban J connectivity index is 1.55. The van der Waals surface area contributed by atoms with Gasteiger partial charge in [0.1, 0.15) is 11.7 Å². The predicted octanol–water partition coefficient (Wildman–Crippen LogP) is 4.58. The average molecular weight is 440 g/mol. The number of rotatable bonds is 5. The van der Waals surface area contributed by atoms with Crippen molar-refractivity contribution in [2.45, 2.75) is 44.6 Å². The van der Waals surface area contributed by atoms with Gasteiger partial charge in [0.25, 0.3) is 0 Å². The molecule has 1 amide bonds. The second-order valence-electron chi connectivity index (χ2n) is 8.64. The minimum atomic E-state index is -0.505. The molecule has 6 rings (SSSR count). The largest absolute Gasteiger partial charge is 0.325 e. The van der Waals surface area contributed by atoms with Crippen LogP contribution >= 0.6 is 0 Å². The molecule has 3 aromatic heterocycles. The molecule has 8 nitrogen and oxygen atoms in total. The molecule has 166 valence electrons. The number of para-hydroxylation sites is 1. The third-order valence-corrected chi connectivity index (χ3v) is 6.66. The highest BCUT2D eigenvalue weighted by Crippen LogP contribution is 2.40. The Hall–Kier alpha value is -3.81. The van der Waals surface area contributed by atoms with Crippen LogP contribution in [0.4, 0.5) is 17.5 Å². The molecule has 1 aliphatic heterocycles. The van der Waals surface area contributed by atoms with Crippen molar-refractivity contribution in [3.8, 4) is 0 Å². The molecule has 1 N–H and O–H groups in total. The van der Waals surface area contributed by atoms with Crippen molar-refractivity contribution in [1.29, 1.82) is 0 Å². The Morgan fingerprint density at radius 1 is 1.09 bits per heavy atom. The van der Waals surface area contributed by atoms with Crippen molar-refractivity contribution in [3.63, 3.8) is 0 Å². The van der Waals surface area contributed by atoms with Crippen molar-refractivity contribution >= 4 is 34.4 Å². The molecule has 1 saturated carbocycles. The van der Waals surface area contributed by atoms with Gasteiger partial charge in [-0.1, -0.05) is 37.1 Å². The van der Waals surface area contributed by atoms with Gasteiger partial charge in [0.15, 0.2) is 5.65 Å².